The van der Waals surface area contributed by atoms with E-state index in [2.05, 4.69) is 5.32 Å². The van der Waals surface area contributed by atoms with Crippen molar-refractivity contribution in [3.05, 3.63) is 18.2 Å². The van der Waals surface area contributed by atoms with Gasteiger partial charge in [-0.25, -0.2) is 14.0 Å². The number of carbonyl (C=O) groups is 1. The number of hydrogen-bond acceptors (Lipinski definition) is 7. The highest BCUT2D eigenvalue weighted by atomic mass is 31.2. The van der Waals surface area contributed by atoms with Gasteiger partial charge in [0.1, 0.15) is 12.3 Å². The van der Waals surface area contributed by atoms with E-state index in [1.54, 1.807) is 6.92 Å². The van der Waals surface area contributed by atoms with Crippen molar-refractivity contribution < 1.29 is 38.5 Å². The van der Waals surface area contributed by atoms with Crippen molar-refractivity contribution in [3.8, 4) is 0 Å². The minimum absolute atomic E-state index is 0.275. The van der Waals surface area contributed by atoms with Crippen molar-refractivity contribution in [2.75, 3.05) is 32.9 Å². The standard InChI is InChI=1S/C14H23N3O8P/c1-9-7-17(14(20)15-13(9)19)12-6-10(18)11(25-12)8-24-26(21,22)16-2-4-23-5-3-16/h6-7,10-13,18-19H,2-5,8H2,1H3,(H,15,20)(H,21,22)/t10?,11-,12-,13+/m1/s1. The molecular weight excluding hydrogens is 369 g/mol. The van der Waals surface area contributed by atoms with Crippen LogP contribution in [-0.4, -0.2) is 88.3 Å². The molecule has 11 nitrogen and oxygen atoms in total. The molecule has 12 heteroatoms. The zero-order valence-corrected chi connectivity index (χ0v) is 15.1. The fourth-order valence-corrected chi connectivity index (χ4v) is 3.97. The van der Waals surface area contributed by atoms with Crippen LogP contribution in [0.2, 0.25) is 0 Å². The number of amides is 2. The van der Waals surface area contributed by atoms with Crippen LogP contribution in [0.15, 0.2) is 11.8 Å². The molecule has 3 aliphatic rings. The van der Waals surface area contributed by atoms with Crippen LogP contribution in [-0.2, 0) is 18.6 Å². The summed E-state index contributed by atoms with van der Waals surface area (Å²) in [5.74, 6) is 0. The number of urea groups is 1. The van der Waals surface area contributed by atoms with E-state index in [0.29, 0.717) is 18.8 Å². The number of aliphatic hydroxyl groups is 2. The molecule has 3 rings (SSSR count). The average molecular weight is 392 g/mol. The maximum Gasteiger partial charge on any atom is 0.405 e. The maximum absolute atomic E-state index is 12.3. The van der Waals surface area contributed by atoms with E-state index < -0.39 is 38.4 Å². The lowest BCUT2D eigenvalue weighted by Gasteiger charge is -2.32. The van der Waals surface area contributed by atoms with E-state index >= 15 is 0 Å². The summed E-state index contributed by atoms with van der Waals surface area (Å²) in [6, 6.07) is -0.584. The SMILES string of the molecule is CC1=CN([C@H]2[CH]C(O)[C@@H](COP(=O)(O)N3CCOCC3)O2)C(=O)N[C@H]1O. The molecule has 2 saturated heterocycles. The van der Waals surface area contributed by atoms with Crippen LogP contribution in [0.1, 0.15) is 6.92 Å². The molecule has 2 amide bonds. The second kappa shape index (κ2) is 7.91. The Balaban J connectivity index is 1.57. The van der Waals surface area contributed by atoms with E-state index in [1.807, 2.05) is 0 Å². The predicted octanol–water partition coefficient (Wildman–Crippen LogP) is -1.03. The molecule has 3 aliphatic heterocycles. The van der Waals surface area contributed by atoms with Crippen LogP contribution in [0.4, 0.5) is 4.79 Å². The molecule has 5 atom stereocenters. The Morgan fingerprint density at radius 3 is 2.77 bits per heavy atom. The Morgan fingerprint density at radius 2 is 2.08 bits per heavy atom. The largest absolute Gasteiger partial charge is 0.405 e. The van der Waals surface area contributed by atoms with E-state index in [9.17, 15) is 24.5 Å². The smallest absolute Gasteiger partial charge is 0.390 e. The van der Waals surface area contributed by atoms with Gasteiger partial charge in [0, 0.05) is 25.7 Å². The van der Waals surface area contributed by atoms with Crippen molar-refractivity contribution >= 4 is 13.8 Å². The number of hydrogen-bond donors (Lipinski definition) is 4. The van der Waals surface area contributed by atoms with E-state index in [4.69, 9.17) is 14.0 Å². The maximum atomic E-state index is 12.3. The van der Waals surface area contributed by atoms with E-state index in [1.165, 1.54) is 22.2 Å². The van der Waals surface area contributed by atoms with E-state index in [-0.39, 0.29) is 19.7 Å². The summed E-state index contributed by atoms with van der Waals surface area (Å²) < 4.78 is 29.4. The van der Waals surface area contributed by atoms with Crippen molar-refractivity contribution in [2.45, 2.75) is 31.6 Å². The minimum atomic E-state index is -4.02. The van der Waals surface area contributed by atoms with Crippen LogP contribution in [0.5, 0.6) is 0 Å². The highest BCUT2D eigenvalue weighted by Crippen LogP contribution is 2.47. The molecule has 0 aromatic heterocycles. The molecule has 4 N–H and O–H groups in total. The molecule has 0 aromatic rings. The summed E-state index contributed by atoms with van der Waals surface area (Å²) in [5, 5.41) is 22.0. The van der Waals surface area contributed by atoms with E-state index in [0.717, 1.165) is 0 Å². The Morgan fingerprint density at radius 1 is 1.38 bits per heavy atom. The Hall–Kier alpha value is -1.04. The van der Waals surface area contributed by atoms with Gasteiger partial charge in [0.25, 0.3) is 0 Å². The lowest BCUT2D eigenvalue weighted by molar-refractivity contribution is -0.0538. The molecule has 3 heterocycles. The van der Waals surface area contributed by atoms with Gasteiger partial charge < -0.3 is 29.9 Å². The zero-order valence-electron chi connectivity index (χ0n) is 14.2. The van der Waals surface area contributed by atoms with Gasteiger partial charge in [0.2, 0.25) is 0 Å². The molecule has 0 aliphatic carbocycles. The number of carbonyl (C=O) groups excluding carboxylic acids is 1. The predicted molar refractivity (Wildman–Crippen MR) is 87.3 cm³/mol. The Kier molecular flexibility index (Phi) is 6.00. The number of ether oxygens (including phenoxy) is 2. The molecule has 2 fully saturated rings. The summed E-state index contributed by atoms with van der Waals surface area (Å²) >= 11 is 0. The highest BCUT2D eigenvalue weighted by molar-refractivity contribution is 7.50. The van der Waals surface area contributed by atoms with Gasteiger partial charge in [-0.15, -0.1) is 0 Å². The Labute approximate surface area is 150 Å². The normalized spacial score (nSPS) is 35.8. The molecule has 26 heavy (non-hydrogen) atoms. The fraction of sp³-hybridized carbons (Fsp3) is 0.714. The van der Waals surface area contributed by atoms with Crippen LogP contribution in [0.25, 0.3) is 0 Å². The second-order valence-corrected chi connectivity index (χ2v) is 8.04. The fourth-order valence-electron chi connectivity index (χ4n) is 2.80. The van der Waals surface area contributed by atoms with Crippen LogP contribution in [0, 0.1) is 6.42 Å². The minimum Gasteiger partial charge on any atom is -0.390 e. The molecule has 0 aromatic carbocycles. The quantitative estimate of drug-likeness (QED) is 0.432. The van der Waals surface area contributed by atoms with Crippen molar-refractivity contribution in [3.63, 3.8) is 0 Å². The van der Waals surface area contributed by atoms with Gasteiger partial charge in [-0.3, -0.25) is 9.42 Å². The monoisotopic (exact) mass is 392 g/mol. The first kappa shape index (κ1) is 19.7. The number of morpholine rings is 1. The highest BCUT2D eigenvalue weighted by Gasteiger charge is 2.42. The molecule has 147 valence electrons. The van der Waals surface area contributed by atoms with Gasteiger partial charge in [-0.1, -0.05) is 0 Å². The van der Waals surface area contributed by atoms with Gasteiger partial charge in [-0.2, -0.15) is 0 Å². The summed E-state index contributed by atoms with van der Waals surface area (Å²) in [5.41, 5.74) is 0.503. The summed E-state index contributed by atoms with van der Waals surface area (Å²) in [4.78, 5) is 23.2. The first-order chi connectivity index (χ1) is 12.3. The summed E-state index contributed by atoms with van der Waals surface area (Å²) in [6.07, 6.45) is -1.15. The zero-order chi connectivity index (χ0) is 18.9. The molecule has 0 bridgehead atoms. The van der Waals surface area contributed by atoms with Crippen molar-refractivity contribution in [1.29, 1.82) is 0 Å². The third-order valence-corrected chi connectivity index (χ3v) is 5.95. The number of nitrogens with zero attached hydrogens (tertiary/aromatic N) is 2. The molecular formula is C14H23N3O8P. The average Bonchev–Trinajstić information content (AvgIpc) is 2.98. The Bertz CT molecular complexity index is 611. The van der Waals surface area contributed by atoms with Gasteiger partial charge in [0.05, 0.1) is 25.9 Å². The molecule has 0 spiro atoms. The molecule has 1 radical (unpaired) electrons. The van der Waals surface area contributed by atoms with Gasteiger partial charge in [0.15, 0.2) is 6.23 Å². The number of nitrogens with one attached hydrogen (secondary N) is 1. The summed E-state index contributed by atoms with van der Waals surface area (Å²) in [7, 11) is -4.02. The lowest BCUT2D eigenvalue weighted by atomic mass is 10.2. The lowest BCUT2D eigenvalue weighted by Crippen LogP contribution is -2.51. The molecule has 0 saturated carbocycles. The van der Waals surface area contributed by atoms with Crippen molar-refractivity contribution in [1.82, 2.24) is 14.9 Å². The number of aliphatic hydroxyl groups excluding tert-OH is 2. The topological polar surface area (TPSA) is 141 Å². The first-order valence-corrected chi connectivity index (χ1v) is 9.75. The van der Waals surface area contributed by atoms with Crippen LogP contribution >= 0.6 is 7.75 Å². The second-order valence-electron chi connectivity index (χ2n) is 6.23. The van der Waals surface area contributed by atoms with Gasteiger partial charge >= 0.3 is 13.8 Å². The van der Waals surface area contributed by atoms with Gasteiger partial charge in [-0.05, 0) is 12.5 Å². The molecule has 2 unspecified atom stereocenters. The number of rotatable bonds is 5. The van der Waals surface area contributed by atoms with Crippen molar-refractivity contribution in [2.24, 2.45) is 0 Å². The van der Waals surface area contributed by atoms with Crippen LogP contribution in [0.3, 0.4) is 0 Å². The summed E-state index contributed by atoms with van der Waals surface area (Å²) in [6.45, 7) is 2.54. The third-order valence-electron chi connectivity index (χ3n) is 4.35. The third kappa shape index (κ3) is 4.26. The first-order valence-electron chi connectivity index (χ1n) is 8.22. The van der Waals surface area contributed by atoms with Crippen LogP contribution < -0.4 is 5.32 Å².